The van der Waals surface area contributed by atoms with Crippen molar-refractivity contribution in [3.63, 3.8) is 0 Å². The number of benzene rings is 2. The predicted molar refractivity (Wildman–Crippen MR) is 133 cm³/mol. The van der Waals surface area contributed by atoms with Crippen molar-refractivity contribution in [1.82, 2.24) is 10.6 Å². The molecule has 2 aromatic carbocycles. The normalized spacial score (nSPS) is 16.7. The van der Waals surface area contributed by atoms with E-state index in [1.165, 1.54) is 30.3 Å². The van der Waals surface area contributed by atoms with Crippen molar-refractivity contribution in [1.29, 1.82) is 0 Å². The first-order valence-corrected chi connectivity index (χ1v) is 12.0. The summed E-state index contributed by atoms with van der Waals surface area (Å²) in [6.45, 7) is 8.76. The maximum atomic E-state index is 13.9. The van der Waals surface area contributed by atoms with Gasteiger partial charge in [0, 0.05) is 18.2 Å². The Kier molecular flexibility index (Phi) is 8.32. The third-order valence-corrected chi connectivity index (χ3v) is 5.71. The van der Waals surface area contributed by atoms with E-state index in [-0.39, 0.29) is 24.8 Å². The highest BCUT2D eigenvalue weighted by Gasteiger charge is 2.35. The molecule has 1 aliphatic heterocycles. The summed E-state index contributed by atoms with van der Waals surface area (Å²) in [7, 11) is 0. The highest BCUT2D eigenvalue weighted by atomic mass is 19.1. The molecule has 0 aliphatic carbocycles. The fourth-order valence-corrected chi connectivity index (χ4v) is 4.20. The predicted octanol–water partition coefficient (Wildman–Crippen LogP) is 4.27. The van der Waals surface area contributed by atoms with Crippen LogP contribution in [0.3, 0.4) is 0 Å². The largest absolute Gasteiger partial charge is 0.444 e. The standard InChI is InChI=1S/C27H33F2N3O4/c1-16(2)32-23-12-10-20(29)15-18(23)9-11-21(25(32)34)30-24(33)22(31-26(35)36-27(3,4)5)14-17-7-6-8-19(28)13-17/h6-8,10,12-13,15-16,21-22H,9,11,14H2,1-5H3,(H,30,33)(H,31,35)/t21-,22-/m1/s1. The molecule has 0 radical (unpaired) electrons. The van der Waals surface area contributed by atoms with Gasteiger partial charge in [0.2, 0.25) is 11.8 Å². The molecule has 9 heteroatoms. The molecule has 0 saturated carbocycles. The van der Waals surface area contributed by atoms with Crippen LogP contribution in [0.4, 0.5) is 19.3 Å². The van der Waals surface area contributed by atoms with Crippen molar-refractivity contribution in [3.05, 3.63) is 65.2 Å². The average Bonchev–Trinajstić information content (AvgIpc) is 2.88. The number of aryl methyl sites for hydroxylation is 1. The van der Waals surface area contributed by atoms with Gasteiger partial charge in [-0.1, -0.05) is 12.1 Å². The minimum atomic E-state index is -1.12. The van der Waals surface area contributed by atoms with E-state index < -0.39 is 41.3 Å². The number of anilines is 1. The summed E-state index contributed by atoms with van der Waals surface area (Å²) < 4.78 is 32.9. The zero-order chi connectivity index (χ0) is 26.6. The number of amides is 3. The second kappa shape index (κ2) is 11.1. The summed E-state index contributed by atoms with van der Waals surface area (Å²) in [4.78, 5) is 40.8. The first-order chi connectivity index (χ1) is 16.8. The van der Waals surface area contributed by atoms with Crippen LogP contribution in [0.1, 0.15) is 52.2 Å². The first kappa shape index (κ1) is 27.1. The zero-order valence-corrected chi connectivity index (χ0v) is 21.2. The van der Waals surface area contributed by atoms with Crippen LogP contribution in [-0.2, 0) is 27.2 Å². The molecule has 0 spiro atoms. The lowest BCUT2D eigenvalue weighted by molar-refractivity contribution is -0.129. The van der Waals surface area contributed by atoms with Crippen LogP contribution in [0.15, 0.2) is 42.5 Å². The van der Waals surface area contributed by atoms with Crippen LogP contribution in [0.2, 0.25) is 0 Å². The molecule has 0 aromatic heterocycles. The van der Waals surface area contributed by atoms with E-state index in [9.17, 15) is 23.2 Å². The van der Waals surface area contributed by atoms with Gasteiger partial charge in [-0.05, 0) is 88.9 Å². The number of fused-ring (bicyclic) bond motifs is 1. The van der Waals surface area contributed by atoms with Crippen LogP contribution >= 0.6 is 0 Å². The number of rotatable bonds is 6. The van der Waals surface area contributed by atoms with Gasteiger partial charge in [0.25, 0.3) is 0 Å². The molecule has 1 heterocycles. The van der Waals surface area contributed by atoms with E-state index in [2.05, 4.69) is 10.6 Å². The quantitative estimate of drug-likeness (QED) is 0.619. The Morgan fingerprint density at radius 3 is 2.44 bits per heavy atom. The number of hydrogen-bond acceptors (Lipinski definition) is 4. The van der Waals surface area contributed by atoms with E-state index in [0.29, 0.717) is 23.2 Å². The number of carbonyl (C=O) groups is 3. The van der Waals surface area contributed by atoms with Crippen molar-refractivity contribution in [3.8, 4) is 0 Å². The van der Waals surface area contributed by atoms with Gasteiger partial charge in [0.1, 0.15) is 29.3 Å². The molecule has 3 amide bonds. The molecule has 2 aromatic rings. The highest BCUT2D eigenvalue weighted by molar-refractivity contribution is 6.01. The lowest BCUT2D eigenvalue weighted by atomic mass is 10.0. The number of nitrogens with zero attached hydrogens (tertiary/aromatic N) is 1. The minimum absolute atomic E-state index is 0.0108. The molecule has 1 aliphatic rings. The van der Waals surface area contributed by atoms with E-state index in [1.807, 2.05) is 13.8 Å². The fraction of sp³-hybridized carbons (Fsp3) is 0.444. The maximum Gasteiger partial charge on any atom is 0.408 e. The zero-order valence-electron chi connectivity index (χ0n) is 21.2. The topological polar surface area (TPSA) is 87.7 Å². The Morgan fingerprint density at radius 2 is 1.81 bits per heavy atom. The summed E-state index contributed by atoms with van der Waals surface area (Å²) in [6.07, 6.45) is -0.189. The fourth-order valence-electron chi connectivity index (χ4n) is 4.20. The summed E-state index contributed by atoms with van der Waals surface area (Å²) in [5, 5.41) is 5.31. The molecule has 36 heavy (non-hydrogen) atoms. The van der Waals surface area contributed by atoms with E-state index >= 15 is 0 Å². The van der Waals surface area contributed by atoms with Crippen LogP contribution in [0, 0.1) is 11.6 Å². The molecule has 194 valence electrons. The highest BCUT2D eigenvalue weighted by Crippen LogP contribution is 2.29. The Morgan fingerprint density at radius 1 is 1.11 bits per heavy atom. The number of ether oxygens (including phenoxy) is 1. The number of carbonyl (C=O) groups excluding carboxylic acids is 3. The molecule has 0 unspecified atom stereocenters. The minimum Gasteiger partial charge on any atom is -0.444 e. The smallest absolute Gasteiger partial charge is 0.408 e. The molecule has 2 N–H and O–H groups in total. The monoisotopic (exact) mass is 501 g/mol. The Bertz CT molecular complexity index is 1130. The summed E-state index contributed by atoms with van der Waals surface area (Å²) in [5.74, 6) is -1.81. The Labute approximate surface area is 210 Å². The number of halogens is 2. The average molecular weight is 502 g/mol. The SMILES string of the molecule is CC(C)N1C(=O)[C@H](NC(=O)[C@@H](Cc2cccc(F)c2)NC(=O)OC(C)(C)C)CCc2cc(F)ccc21. The van der Waals surface area contributed by atoms with Gasteiger partial charge >= 0.3 is 6.09 Å². The van der Waals surface area contributed by atoms with Crippen molar-refractivity contribution in [2.75, 3.05) is 4.90 Å². The molecule has 0 fully saturated rings. The Balaban J connectivity index is 1.84. The number of alkyl carbamates (subject to hydrolysis) is 1. The van der Waals surface area contributed by atoms with Gasteiger partial charge in [-0.15, -0.1) is 0 Å². The van der Waals surface area contributed by atoms with Gasteiger partial charge < -0.3 is 20.3 Å². The third kappa shape index (κ3) is 7.02. The first-order valence-electron chi connectivity index (χ1n) is 12.0. The van der Waals surface area contributed by atoms with Gasteiger partial charge in [-0.2, -0.15) is 0 Å². The Hall–Kier alpha value is -3.49. The van der Waals surface area contributed by atoms with E-state index in [0.717, 1.165) is 0 Å². The number of nitrogens with one attached hydrogen (secondary N) is 2. The lowest BCUT2D eigenvalue weighted by Crippen LogP contribution is -2.56. The van der Waals surface area contributed by atoms with Gasteiger partial charge in [-0.25, -0.2) is 13.6 Å². The maximum absolute atomic E-state index is 13.9. The van der Waals surface area contributed by atoms with Gasteiger partial charge in [0.15, 0.2) is 0 Å². The van der Waals surface area contributed by atoms with Crippen molar-refractivity contribution >= 4 is 23.6 Å². The lowest BCUT2D eigenvalue weighted by Gasteiger charge is -2.30. The molecular weight excluding hydrogens is 468 g/mol. The second-order valence-corrected chi connectivity index (χ2v) is 10.2. The van der Waals surface area contributed by atoms with Crippen LogP contribution < -0.4 is 15.5 Å². The molecule has 7 nitrogen and oxygen atoms in total. The van der Waals surface area contributed by atoms with Crippen LogP contribution in [0.5, 0.6) is 0 Å². The molecule has 0 bridgehead atoms. The van der Waals surface area contributed by atoms with E-state index in [1.54, 1.807) is 37.8 Å². The van der Waals surface area contributed by atoms with Crippen LogP contribution in [-0.4, -0.2) is 41.6 Å². The molecule has 3 rings (SSSR count). The summed E-state index contributed by atoms with van der Waals surface area (Å²) >= 11 is 0. The molecule has 2 atom stereocenters. The summed E-state index contributed by atoms with van der Waals surface area (Å²) in [6, 6.07) is 7.74. The van der Waals surface area contributed by atoms with Crippen molar-refractivity contribution in [2.45, 2.75) is 77.6 Å². The molecular formula is C27H33F2N3O4. The van der Waals surface area contributed by atoms with Crippen molar-refractivity contribution < 1.29 is 27.9 Å². The van der Waals surface area contributed by atoms with Crippen LogP contribution in [0.25, 0.3) is 0 Å². The second-order valence-electron chi connectivity index (χ2n) is 10.2. The summed E-state index contributed by atoms with van der Waals surface area (Å²) in [5.41, 5.74) is 0.985. The van der Waals surface area contributed by atoms with Crippen molar-refractivity contribution in [2.24, 2.45) is 0 Å². The number of hydrogen-bond donors (Lipinski definition) is 2. The molecule has 0 saturated heterocycles. The van der Waals surface area contributed by atoms with Gasteiger partial charge in [0.05, 0.1) is 0 Å². The van der Waals surface area contributed by atoms with Gasteiger partial charge in [-0.3, -0.25) is 9.59 Å². The van der Waals surface area contributed by atoms with E-state index in [4.69, 9.17) is 4.74 Å². The third-order valence-electron chi connectivity index (χ3n) is 5.71.